The summed E-state index contributed by atoms with van der Waals surface area (Å²) < 4.78 is 25.6. The van der Waals surface area contributed by atoms with Crippen LogP contribution < -0.4 is 0 Å². The summed E-state index contributed by atoms with van der Waals surface area (Å²) >= 11 is 1.38. The van der Waals surface area contributed by atoms with Gasteiger partial charge in [0.25, 0.3) is 0 Å². The van der Waals surface area contributed by atoms with Crippen molar-refractivity contribution in [3.05, 3.63) is 24.5 Å². The zero-order valence-electron chi connectivity index (χ0n) is 15.9. The highest BCUT2D eigenvalue weighted by molar-refractivity contribution is 8.00. The Morgan fingerprint density at radius 2 is 1.96 bits per heavy atom. The van der Waals surface area contributed by atoms with Gasteiger partial charge in [0, 0.05) is 37.1 Å². The summed E-state index contributed by atoms with van der Waals surface area (Å²) in [6.07, 6.45) is 6.11. The number of hydrogen-bond donors (Lipinski definition) is 0. The molecule has 2 aliphatic rings. The SMILES string of the molecule is C[C@H](Sc1nnc(-c2ccncc2)n1C1CC1)C(=O)N(C)[C@H]1CCS(=O)(=O)C1. The van der Waals surface area contributed by atoms with Crippen molar-refractivity contribution < 1.29 is 13.2 Å². The minimum absolute atomic E-state index is 0.0527. The van der Waals surface area contributed by atoms with Crippen LogP contribution in [0.5, 0.6) is 0 Å². The van der Waals surface area contributed by atoms with Crippen molar-refractivity contribution in [3.8, 4) is 11.4 Å². The van der Waals surface area contributed by atoms with Gasteiger partial charge in [-0.15, -0.1) is 10.2 Å². The van der Waals surface area contributed by atoms with Crippen LogP contribution in [0.4, 0.5) is 0 Å². The van der Waals surface area contributed by atoms with Gasteiger partial charge in [-0.3, -0.25) is 14.3 Å². The van der Waals surface area contributed by atoms with Gasteiger partial charge >= 0.3 is 0 Å². The number of sulfone groups is 1. The molecule has 1 aliphatic heterocycles. The zero-order valence-corrected chi connectivity index (χ0v) is 17.5. The second-order valence-corrected chi connectivity index (χ2v) is 10.9. The number of thioether (sulfide) groups is 1. The number of carbonyl (C=O) groups is 1. The third-order valence-corrected chi connectivity index (χ3v) is 8.04. The van der Waals surface area contributed by atoms with E-state index in [-0.39, 0.29) is 28.7 Å². The summed E-state index contributed by atoms with van der Waals surface area (Å²) in [7, 11) is -1.33. The monoisotopic (exact) mass is 421 g/mol. The van der Waals surface area contributed by atoms with E-state index in [1.165, 1.54) is 11.8 Å². The summed E-state index contributed by atoms with van der Waals surface area (Å²) in [5, 5.41) is 9.06. The summed E-state index contributed by atoms with van der Waals surface area (Å²) in [5.74, 6) is 0.921. The Bertz CT molecular complexity index is 972. The van der Waals surface area contributed by atoms with Gasteiger partial charge in [-0.2, -0.15) is 0 Å². The lowest BCUT2D eigenvalue weighted by atomic mass is 10.2. The second-order valence-electron chi connectivity index (χ2n) is 7.41. The summed E-state index contributed by atoms with van der Waals surface area (Å²) in [4.78, 5) is 18.5. The fraction of sp³-hybridized carbons (Fsp3) is 0.556. The van der Waals surface area contributed by atoms with E-state index in [9.17, 15) is 13.2 Å². The first-order valence-electron chi connectivity index (χ1n) is 9.35. The maximum Gasteiger partial charge on any atom is 0.235 e. The molecule has 1 saturated carbocycles. The number of carbonyl (C=O) groups excluding carboxylic acids is 1. The molecule has 2 aromatic heterocycles. The molecule has 0 unspecified atom stereocenters. The van der Waals surface area contributed by atoms with Gasteiger partial charge in [-0.05, 0) is 38.3 Å². The van der Waals surface area contributed by atoms with E-state index in [2.05, 4.69) is 19.7 Å². The molecule has 28 heavy (non-hydrogen) atoms. The Hall–Kier alpha value is -1.94. The van der Waals surface area contributed by atoms with Gasteiger partial charge in [0.1, 0.15) is 0 Å². The fourth-order valence-electron chi connectivity index (χ4n) is 3.47. The van der Waals surface area contributed by atoms with Gasteiger partial charge in [0.2, 0.25) is 5.91 Å². The highest BCUT2D eigenvalue weighted by Gasteiger charge is 2.36. The topological polar surface area (TPSA) is 98.1 Å². The van der Waals surface area contributed by atoms with Crippen molar-refractivity contribution in [1.29, 1.82) is 0 Å². The Balaban J connectivity index is 1.51. The number of hydrogen-bond acceptors (Lipinski definition) is 7. The summed E-state index contributed by atoms with van der Waals surface area (Å²) in [6, 6.07) is 3.93. The lowest BCUT2D eigenvalue weighted by Crippen LogP contribution is -2.41. The standard InChI is InChI=1S/C18H23N5O3S2/c1-12(17(24)22(2)15-7-10-28(25,26)11-15)27-18-21-20-16(23(18)14-3-4-14)13-5-8-19-9-6-13/h5-6,8-9,12,14-15H,3-4,7,10-11H2,1-2H3/t12-,15-/m0/s1. The van der Waals surface area contributed by atoms with Crippen molar-refractivity contribution in [1.82, 2.24) is 24.6 Å². The van der Waals surface area contributed by atoms with Crippen LogP contribution in [0.25, 0.3) is 11.4 Å². The van der Waals surface area contributed by atoms with Crippen LogP contribution >= 0.6 is 11.8 Å². The minimum atomic E-state index is -3.03. The van der Waals surface area contributed by atoms with Crippen LogP contribution in [0.3, 0.4) is 0 Å². The van der Waals surface area contributed by atoms with E-state index in [0.717, 1.165) is 29.4 Å². The first kappa shape index (κ1) is 19.4. The molecule has 1 aliphatic carbocycles. The molecule has 8 nitrogen and oxygen atoms in total. The Labute approximate surface area is 168 Å². The smallest absolute Gasteiger partial charge is 0.235 e. The largest absolute Gasteiger partial charge is 0.341 e. The predicted octanol–water partition coefficient (Wildman–Crippen LogP) is 1.80. The van der Waals surface area contributed by atoms with Crippen molar-refractivity contribution in [2.45, 2.75) is 48.7 Å². The third kappa shape index (κ3) is 3.93. The maximum atomic E-state index is 12.9. The van der Waals surface area contributed by atoms with Crippen LogP contribution in [0.15, 0.2) is 29.7 Å². The molecular weight excluding hydrogens is 398 g/mol. The quantitative estimate of drug-likeness (QED) is 0.656. The number of pyridine rings is 1. The molecule has 150 valence electrons. The first-order chi connectivity index (χ1) is 13.4. The van der Waals surface area contributed by atoms with Crippen LogP contribution in [0.2, 0.25) is 0 Å². The number of nitrogens with zero attached hydrogens (tertiary/aromatic N) is 5. The Morgan fingerprint density at radius 1 is 1.25 bits per heavy atom. The zero-order chi connectivity index (χ0) is 19.9. The molecule has 2 fully saturated rings. The van der Waals surface area contributed by atoms with Gasteiger partial charge < -0.3 is 4.90 Å². The molecule has 4 rings (SSSR count). The van der Waals surface area contributed by atoms with Gasteiger partial charge in [-0.25, -0.2) is 8.42 Å². The highest BCUT2D eigenvalue weighted by Crippen LogP contribution is 2.41. The number of rotatable bonds is 6. The lowest BCUT2D eigenvalue weighted by Gasteiger charge is -2.26. The van der Waals surface area contributed by atoms with Crippen molar-refractivity contribution in [3.63, 3.8) is 0 Å². The molecule has 1 saturated heterocycles. The second kappa shape index (κ2) is 7.47. The average molecular weight is 422 g/mol. The van der Waals surface area contributed by atoms with E-state index >= 15 is 0 Å². The predicted molar refractivity (Wildman–Crippen MR) is 107 cm³/mol. The lowest BCUT2D eigenvalue weighted by molar-refractivity contribution is -0.130. The maximum absolute atomic E-state index is 12.9. The fourth-order valence-corrected chi connectivity index (χ4v) is 6.27. The molecule has 2 aromatic rings. The van der Waals surface area contributed by atoms with Gasteiger partial charge in [0.15, 0.2) is 20.8 Å². The first-order valence-corrected chi connectivity index (χ1v) is 12.0. The van der Waals surface area contributed by atoms with Crippen LogP contribution in [0.1, 0.15) is 32.2 Å². The van der Waals surface area contributed by atoms with E-state index in [4.69, 9.17) is 0 Å². The molecule has 0 bridgehead atoms. The molecule has 3 heterocycles. The van der Waals surface area contributed by atoms with E-state index in [1.807, 2.05) is 19.1 Å². The molecule has 0 N–H and O–H groups in total. The van der Waals surface area contributed by atoms with Gasteiger partial charge in [0.05, 0.1) is 16.8 Å². The third-order valence-electron chi connectivity index (χ3n) is 5.25. The summed E-state index contributed by atoms with van der Waals surface area (Å²) in [6.45, 7) is 1.84. The molecule has 2 atom stereocenters. The molecule has 0 aromatic carbocycles. The van der Waals surface area contributed by atoms with Crippen LogP contribution in [-0.2, 0) is 14.6 Å². The summed E-state index contributed by atoms with van der Waals surface area (Å²) in [5.41, 5.74) is 0.952. The van der Waals surface area contributed by atoms with Crippen molar-refractivity contribution in [2.75, 3.05) is 18.6 Å². The molecule has 1 amide bonds. The van der Waals surface area contributed by atoms with Gasteiger partial charge in [-0.1, -0.05) is 11.8 Å². The highest BCUT2D eigenvalue weighted by atomic mass is 32.2. The van der Waals surface area contributed by atoms with Crippen LogP contribution in [-0.4, -0.2) is 68.8 Å². The van der Waals surface area contributed by atoms with E-state index < -0.39 is 9.84 Å². The van der Waals surface area contributed by atoms with Crippen LogP contribution in [0, 0.1) is 0 Å². The Kier molecular flexibility index (Phi) is 5.17. The minimum Gasteiger partial charge on any atom is -0.341 e. The van der Waals surface area contributed by atoms with Crippen molar-refractivity contribution in [2.24, 2.45) is 0 Å². The van der Waals surface area contributed by atoms with E-state index in [0.29, 0.717) is 12.5 Å². The Morgan fingerprint density at radius 3 is 2.57 bits per heavy atom. The normalized spacial score (nSPS) is 22.1. The molecular formula is C18H23N5O3S2. The molecule has 0 spiro atoms. The molecule has 10 heteroatoms. The van der Waals surface area contributed by atoms with Crippen molar-refractivity contribution >= 4 is 27.5 Å². The number of amides is 1. The number of aromatic nitrogens is 4. The average Bonchev–Trinajstić information content (AvgIpc) is 3.34. The molecule has 0 radical (unpaired) electrons. The van der Waals surface area contributed by atoms with E-state index in [1.54, 1.807) is 24.3 Å².